The number of ether oxygens (including phenoxy) is 1. The quantitative estimate of drug-likeness (QED) is 0.638. The highest BCUT2D eigenvalue weighted by Gasteiger charge is 2.32. The molecule has 1 aliphatic heterocycles. The zero-order valence-corrected chi connectivity index (χ0v) is 19.5. The van der Waals surface area contributed by atoms with E-state index in [1.807, 2.05) is 33.8 Å². The van der Waals surface area contributed by atoms with E-state index >= 15 is 0 Å². The molecule has 31 heavy (non-hydrogen) atoms. The highest BCUT2D eigenvalue weighted by atomic mass is 32.2. The lowest BCUT2D eigenvalue weighted by Crippen LogP contribution is -2.48. The molecule has 0 saturated carbocycles. The first-order chi connectivity index (χ1) is 14.6. The first-order valence-corrected chi connectivity index (χ1v) is 12.3. The van der Waals surface area contributed by atoms with Crippen molar-refractivity contribution >= 4 is 42.6 Å². The molecule has 1 saturated heterocycles. The van der Waals surface area contributed by atoms with Crippen LogP contribution in [0.4, 0.5) is 5.13 Å². The van der Waals surface area contributed by atoms with Crippen LogP contribution in [0.3, 0.4) is 0 Å². The van der Waals surface area contributed by atoms with Gasteiger partial charge in [0, 0.05) is 18.7 Å². The number of carbonyl (C=O) groups is 1. The van der Waals surface area contributed by atoms with Crippen molar-refractivity contribution in [3.05, 3.63) is 53.1 Å². The maximum Gasteiger partial charge on any atom is 0.257 e. The Morgan fingerprint density at radius 3 is 2.35 bits per heavy atom. The number of aryl methyl sites for hydroxylation is 2. The molecule has 1 aliphatic rings. The molecular weight excluding hydrogens is 434 g/mol. The van der Waals surface area contributed by atoms with Crippen LogP contribution in [-0.2, 0) is 14.8 Å². The van der Waals surface area contributed by atoms with E-state index in [-0.39, 0.29) is 23.0 Å². The lowest BCUT2D eigenvalue weighted by atomic mass is 10.1. The van der Waals surface area contributed by atoms with Gasteiger partial charge in [0.15, 0.2) is 5.13 Å². The number of nitrogens with zero attached hydrogens (tertiary/aromatic N) is 2. The number of rotatable bonds is 4. The Labute approximate surface area is 186 Å². The summed E-state index contributed by atoms with van der Waals surface area (Å²) in [4.78, 5) is 17.3. The van der Waals surface area contributed by atoms with Gasteiger partial charge in [0.2, 0.25) is 10.0 Å². The summed E-state index contributed by atoms with van der Waals surface area (Å²) in [6, 6.07) is 10.1. The zero-order valence-electron chi connectivity index (χ0n) is 17.9. The fourth-order valence-electron chi connectivity index (χ4n) is 3.66. The van der Waals surface area contributed by atoms with E-state index < -0.39 is 10.0 Å². The summed E-state index contributed by atoms with van der Waals surface area (Å²) in [6.45, 7) is 8.41. The summed E-state index contributed by atoms with van der Waals surface area (Å²) in [6.07, 6.45) is -0.324. The van der Waals surface area contributed by atoms with Gasteiger partial charge in [-0.3, -0.25) is 10.1 Å². The van der Waals surface area contributed by atoms with Gasteiger partial charge in [0.1, 0.15) is 0 Å². The van der Waals surface area contributed by atoms with E-state index in [9.17, 15) is 13.2 Å². The summed E-state index contributed by atoms with van der Waals surface area (Å²) in [7, 11) is -3.64. The molecule has 2 aromatic carbocycles. The van der Waals surface area contributed by atoms with Crippen LogP contribution < -0.4 is 5.32 Å². The molecule has 0 radical (unpaired) electrons. The zero-order chi connectivity index (χ0) is 22.3. The standard InChI is InChI=1S/C22H25N3O4S2/c1-13-9-19-20(10-14(13)2)30-22(23-19)24-21(26)17-5-7-18(8-6-17)31(27,28)25-11-15(3)29-16(4)12-25/h5-10,15-16H,11-12H2,1-4H3,(H,23,24,26)/t15-,16+. The van der Waals surface area contributed by atoms with Gasteiger partial charge in [-0.1, -0.05) is 11.3 Å². The van der Waals surface area contributed by atoms with Crippen LogP contribution in [0.1, 0.15) is 35.3 Å². The van der Waals surface area contributed by atoms with Crippen LogP contribution in [0.5, 0.6) is 0 Å². The number of benzene rings is 2. The third-order valence-electron chi connectivity index (χ3n) is 5.36. The van der Waals surface area contributed by atoms with E-state index in [0.717, 1.165) is 15.8 Å². The Hall–Kier alpha value is -2.33. The SMILES string of the molecule is Cc1cc2nc(NC(=O)c3ccc(S(=O)(=O)N4C[C@@H](C)O[C@@H](C)C4)cc3)sc2cc1C. The van der Waals surface area contributed by atoms with Gasteiger partial charge in [-0.15, -0.1) is 0 Å². The minimum atomic E-state index is -3.64. The molecule has 2 heterocycles. The Morgan fingerprint density at radius 1 is 1.10 bits per heavy atom. The molecule has 2 atom stereocenters. The van der Waals surface area contributed by atoms with Crippen molar-refractivity contribution in [2.45, 2.75) is 44.8 Å². The second-order valence-corrected chi connectivity index (χ2v) is 10.9. The molecule has 4 rings (SSSR count). The van der Waals surface area contributed by atoms with E-state index in [1.54, 1.807) is 0 Å². The number of fused-ring (bicyclic) bond motifs is 1. The van der Waals surface area contributed by atoms with Crippen LogP contribution >= 0.6 is 11.3 Å². The van der Waals surface area contributed by atoms with Gasteiger partial charge in [-0.25, -0.2) is 13.4 Å². The molecule has 0 spiro atoms. The fourth-order valence-corrected chi connectivity index (χ4v) is 6.19. The maximum absolute atomic E-state index is 13.0. The Morgan fingerprint density at radius 2 is 1.71 bits per heavy atom. The Bertz CT molecular complexity index is 1190. The molecule has 3 aromatic rings. The van der Waals surface area contributed by atoms with Crippen molar-refractivity contribution in [1.82, 2.24) is 9.29 Å². The molecule has 7 nitrogen and oxygen atoms in total. The van der Waals surface area contributed by atoms with Gasteiger partial charge < -0.3 is 4.74 Å². The van der Waals surface area contributed by atoms with Gasteiger partial charge in [-0.05, 0) is 75.2 Å². The van der Waals surface area contributed by atoms with E-state index in [2.05, 4.69) is 16.4 Å². The second-order valence-electron chi connectivity index (χ2n) is 7.98. The third kappa shape index (κ3) is 4.50. The minimum Gasteiger partial charge on any atom is -0.373 e. The molecule has 0 bridgehead atoms. The number of thiazole rings is 1. The van der Waals surface area contributed by atoms with Crippen LogP contribution in [0, 0.1) is 13.8 Å². The van der Waals surface area contributed by atoms with Gasteiger partial charge in [0.05, 0.1) is 27.3 Å². The number of morpholine rings is 1. The van der Waals surface area contributed by atoms with Crippen LogP contribution in [0.15, 0.2) is 41.3 Å². The van der Waals surface area contributed by atoms with Crippen LogP contribution in [0.2, 0.25) is 0 Å². The predicted octanol–water partition coefficient (Wildman–Crippen LogP) is 3.96. The molecule has 1 N–H and O–H groups in total. The summed E-state index contributed by atoms with van der Waals surface area (Å²) in [5.41, 5.74) is 3.54. The summed E-state index contributed by atoms with van der Waals surface area (Å²) in [5, 5.41) is 3.32. The van der Waals surface area contributed by atoms with Crippen molar-refractivity contribution in [2.24, 2.45) is 0 Å². The van der Waals surface area contributed by atoms with E-state index in [0.29, 0.717) is 23.8 Å². The van der Waals surface area contributed by atoms with Crippen molar-refractivity contribution < 1.29 is 17.9 Å². The lowest BCUT2D eigenvalue weighted by Gasteiger charge is -2.34. The average molecular weight is 460 g/mol. The number of hydrogen-bond donors (Lipinski definition) is 1. The second kappa shape index (κ2) is 8.31. The van der Waals surface area contributed by atoms with Crippen molar-refractivity contribution in [3.8, 4) is 0 Å². The topological polar surface area (TPSA) is 88.6 Å². The Balaban J connectivity index is 1.50. The number of nitrogens with one attached hydrogen (secondary N) is 1. The molecule has 0 aliphatic carbocycles. The van der Waals surface area contributed by atoms with Gasteiger partial charge >= 0.3 is 0 Å². The normalized spacial score (nSPS) is 20.1. The minimum absolute atomic E-state index is 0.162. The highest BCUT2D eigenvalue weighted by Crippen LogP contribution is 2.29. The molecule has 0 unspecified atom stereocenters. The first kappa shape index (κ1) is 21.9. The molecule has 1 amide bonds. The summed E-state index contributed by atoms with van der Waals surface area (Å²) >= 11 is 1.41. The number of amides is 1. The number of anilines is 1. The lowest BCUT2D eigenvalue weighted by molar-refractivity contribution is -0.0440. The molecular formula is C22H25N3O4S2. The van der Waals surface area contributed by atoms with Crippen molar-refractivity contribution in [2.75, 3.05) is 18.4 Å². The van der Waals surface area contributed by atoms with E-state index in [1.165, 1.54) is 45.5 Å². The summed E-state index contributed by atoms with van der Waals surface area (Å²) < 4.78 is 34.0. The number of aromatic nitrogens is 1. The fraction of sp³-hybridized carbons (Fsp3) is 0.364. The highest BCUT2D eigenvalue weighted by molar-refractivity contribution is 7.89. The first-order valence-electron chi connectivity index (χ1n) is 10.1. The van der Waals surface area contributed by atoms with Crippen LogP contribution in [-0.4, -0.2) is 48.9 Å². The number of sulfonamides is 1. The van der Waals surface area contributed by atoms with Crippen molar-refractivity contribution in [1.29, 1.82) is 0 Å². The van der Waals surface area contributed by atoms with Gasteiger partial charge in [0.25, 0.3) is 5.91 Å². The average Bonchev–Trinajstić information content (AvgIpc) is 3.08. The van der Waals surface area contributed by atoms with Crippen molar-refractivity contribution in [3.63, 3.8) is 0 Å². The van der Waals surface area contributed by atoms with Crippen LogP contribution in [0.25, 0.3) is 10.2 Å². The summed E-state index contributed by atoms with van der Waals surface area (Å²) in [5.74, 6) is -0.329. The molecule has 164 valence electrons. The smallest absolute Gasteiger partial charge is 0.257 e. The molecule has 1 aromatic heterocycles. The van der Waals surface area contributed by atoms with E-state index in [4.69, 9.17) is 4.74 Å². The number of hydrogen-bond acceptors (Lipinski definition) is 6. The monoisotopic (exact) mass is 459 g/mol. The number of carbonyl (C=O) groups excluding carboxylic acids is 1. The Kier molecular flexibility index (Phi) is 5.87. The molecule has 9 heteroatoms. The predicted molar refractivity (Wildman–Crippen MR) is 122 cm³/mol. The third-order valence-corrected chi connectivity index (χ3v) is 8.14. The molecule has 1 fully saturated rings. The van der Waals surface area contributed by atoms with Gasteiger partial charge in [-0.2, -0.15) is 4.31 Å². The largest absolute Gasteiger partial charge is 0.373 e. The maximum atomic E-state index is 13.0.